The normalized spacial score (nSPS) is 12.8. The average molecular weight is 1030 g/mol. The van der Waals surface area contributed by atoms with E-state index in [1.165, 1.54) is 5.56 Å². The van der Waals surface area contributed by atoms with Crippen molar-refractivity contribution in [3.05, 3.63) is 200 Å². The van der Waals surface area contributed by atoms with Gasteiger partial charge in [0.15, 0.2) is 0 Å². The number of nitrogens with zero attached hydrogens (tertiary/aromatic N) is 4. The first kappa shape index (κ1) is 42.1. The molecule has 0 bridgehead atoms. The number of pyridine rings is 1. The standard InChI is InChI=1S/C58H47N4O2.Pt/c1-57(2,3)40-32-41(60-37-61(52-27-16-15-26-51(52)60)55-44(38-18-9-7-10-19-38)23-17-24-45(55)39-20-11-8-12-21-39)34-43(33-40)64-42-28-29-47-46-22-13-14-25-50(46)62(53(47)35-42)54-36-49(58(4,5)6)48-30-31-63-56(48)59-54;/h7-33,36-37H,1-6H3;/q-3;. The number of hydrogen-bond acceptors (Lipinski definition) is 5. The van der Waals surface area contributed by atoms with Gasteiger partial charge in [-0.15, -0.1) is 53.6 Å². The van der Waals surface area contributed by atoms with Crippen LogP contribution in [0.4, 0.5) is 22.7 Å². The van der Waals surface area contributed by atoms with Gasteiger partial charge < -0.3 is 23.5 Å². The summed E-state index contributed by atoms with van der Waals surface area (Å²) in [7, 11) is 0. The molecule has 3 aromatic heterocycles. The van der Waals surface area contributed by atoms with Gasteiger partial charge in [0.1, 0.15) is 5.82 Å². The van der Waals surface area contributed by atoms with Crippen LogP contribution in [0.15, 0.2) is 174 Å². The molecule has 324 valence electrons. The summed E-state index contributed by atoms with van der Waals surface area (Å²) in [5, 5.41) is 3.19. The molecule has 0 atom stereocenters. The van der Waals surface area contributed by atoms with Crippen LogP contribution in [0.3, 0.4) is 0 Å². The first-order valence-electron chi connectivity index (χ1n) is 21.9. The summed E-state index contributed by atoms with van der Waals surface area (Å²) in [6.45, 7) is 15.6. The molecule has 1 aliphatic heterocycles. The molecule has 10 aromatic rings. The smallest absolute Gasteiger partial charge is 0.228 e. The van der Waals surface area contributed by atoms with Gasteiger partial charge in [0.05, 0.1) is 6.26 Å². The SMILES string of the molecule is CC(C)(C)c1cc(Oc2[c-]c3c(cc2)c2ccccc2n3-c2cc(C(C)(C)C)c3ccoc3n2)[c-]c(N2[CH-]N(c3c(-c4ccccc4)cccc3-c3ccccc3)c3ccccc32)c1.[Pt]. The molecule has 11 rings (SSSR count). The molecule has 65 heavy (non-hydrogen) atoms. The number of para-hydroxylation sites is 4. The third-order valence-electron chi connectivity index (χ3n) is 12.3. The van der Waals surface area contributed by atoms with E-state index in [9.17, 15) is 0 Å². The van der Waals surface area contributed by atoms with Crippen molar-refractivity contribution in [2.24, 2.45) is 0 Å². The molecule has 0 N–H and O–H groups in total. The van der Waals surface area contributed by atoms with Crippen LogP contribution < -0.4 is 14.5 Å². The minimum Gasteiger partial charge on any atom is -0.509 e. The van der Waals surface area contributed by atoms with E-state index >= 15 is 0 Å². The molecular formula is C58H47N4O2Pt-3. The van der Waals surface area contributed by atoms with E-state index in [2.05, 4.69) is 226 Å². The number of benzene rings is 7. The third kappa shape index (κ3) is 7.50. The molecule has 0 saturated carbocycles. The fourth-order valence-corrected chi connectivity index (χ4v) is 9.09. The van der Waals surface area contributed by atoms with Gasteiger partial charge in [-0.1, -0.05) is 156 Å². The molecular weight excluding hydrogens is 980 g/mol. The number of aromatic nitrogens is 2. The summed E-state index contributed by atoms with van der Waals surface area (Å²) in [5.74, 6) is 1.95. The van der Waals surface area contributed by atoms with E-state index in [0.717, 1.165) is 83.6 Å². The fraction of sp³-hybridized carbons (Fsp3) is 0.138. The second-order valence-corrected chi connectivity index (χ2v) is 18.6. The monoisotopic (exact) mass is 1030 g/mol. The second kappa shape index (κ2) is 16.3. The number of ether oxygens (including phenoxy) is 1. The van der Waals surface area contributed by atoms with Crippen LogP contribution in [-0.2, 0) is 31.9 Å². The Morgan fingerprint density at radius 3 is 1.89 bits per heavy atom. The average Bonchev–Trinajstić information content (AvgIpc) is 4.03. The van der Waals surface area contributed by atoms with Crippen LogP contribution in [0.25, 0.3) is 61.0 Å². The first-order valence-corrected chi connectivity index (χ1v) is 21.9. The van der Waals surface area contributed by atoms with Gasteiger partial charge in [0.25, 0.3) is 0 Å². The van der Waals surface area contributed by atoms with Crippen LogP contribution in [0.1, 0.15) is 52.7 Å². The quantitative estimate of drug-likeness (QED) is 0.149. The Morgan fingerprint density at radius 2 is 1.22 bits per heavy atom. The predicted octanol–water partition coefficient (Wildman–Crippen LogP) is 15.7. The van der Waals surface area contributed by atoms with E-state index in [1.54, 1.807) is 6.26 Å². The van der Waals surface area contributed by atoms with Gasteiger partial charge in [-0.25, -0.2) is 0 Å². The zero-order valence-corrected chi connectivity index (χ0v) is 39.4. The number of hydrogen-bond donors (Lipinski definition) is 0. The summed E-state index contributed by atoms with van der Waals surface area (Å²) < 4.78 is 15.0. The van der Waals surface area contributed by atoms with Crippen molar-refractivity contribution in [3.8, 4) is 39.6 Å². The Balaban J connectivity index is 0.00000498. The summed E-state index contributed by atoms with van der Waals surface area (Å²) in [6, 6.07) is 64.9. The van der Waals surface area contributed by atoms with Gasteiger partial charge in [-0.05, 0) is 63.2 Å². The molecule has 6 nitrogen and oxygen atoms in total. The van der Waals surface area contributed by atoms with E-state index in [0.29, 0.717) is 17.2 Å². The van der Waals surface area contributed by atoms with Crippen molar-refractivity contribution in [3.63, 3.8) is 0 Å². The van der Waals surface area contributed by atoms with Gasteiger partial charge in [-0.2, -0.15) is 11.1 Å². The van der Waals surface area contributed by atoms with Gasteiger partial charge in [0, 0.05) is 71.7 Å². The van der Waals surface area contributed by atoms with Crippen molar-refractivity contribution in [1.29, 1.82) is 0 Å². The zero-order chi connectivity index (χ0) is 43.7. The van der Waals surface area contributed by atoms with E-state index in [-0.39, 0.29) is 31.9 Å². The Hall–Kier alpha value is -6.88. The molecule has 0 amide bonds. The molecule has 0 aliphatic carbocycles. The molecule has 0 spiro atoms. The van der Waals surface area contributed by atoms with Crippen LogP contribution in [0.5, 0.6) is 11.5 Å². The summed E-state index contributed by atoms with van der Waals surface area (Å²) in [5.41, 5.74) is 13.1. The van der Waals surface area contributed by atoms with Crippen molar-refractivity contribution in [2.45, 2.75) is 52.4 Å². The molecule has 7 heteroatoms. The van der Waals surface area contributed by atoms with E-state index in [1.807, 2.05) is 12.1 Å². The Morgan fingerprint density at radius 1 is 0.569 bits per heavy atom. The molecule has 0 radical (unpaired) electrons. The van der Waals surface area contributed by atoms with Crippen LogP contribution in [0, 0.1) is 18.8 Å². The molecule has 0 fully saturated rings. The van der Waals surface area contributed by atoms with Crippen LogP contribution in [-0.4, -0.2) is 9.55 Å². The summed E-state index contributed by atoms with van der Waals surface area (Å²) in [6.07, 6.45) is 1.72. The van der Waals surface area contributed by atoms with Gasteiger partial charge >= 0.3 is 0 Å². The Kier molecular flexibility index (Phi) is 10.5. The van der Waals surface area contributed by atoms with Gasteiger partial charge in [-0.3, -0.25) is 0 Å². The molecule has 4 heterocycles. The number of furan rings is 1. The molecule has 7 aromatic carbocycles. The number of anilines is 4. The largest absolute Gasteiger partial charge is 0.509 e. The molecule has 0 saturated heterocycles. The maximum atomic E-state index is 6.88. The maximum Gasteiger partial charge on any atom is 0.228 e. The Bertz CT molecular complexity index is 3320. The fourth-order valence-electron chi connectivity index (χ4n) is 9.09. The number of fused-ring (bicyclic) bond motifs is 5. The first-order chi connectivity index (χ1) is 31.0. The van der Waals surface area contributed by atoms with Crippen LogP contribution in [0.2, 0.25) is 0 Å². The summed E-state index contributed by atoms with van der Waals surface area (Å²) in [4.78, 5) is 9.64. The maximum absolute atomic E-state index is 6.88. The Labute approximate surface area is 395 Å². The minimum atomic E-state index is -0.192. The third-order valence-corrected chi connectivity index (χ3v) is 12.3. The molecule has 1 aliphatic rings. The second-order valence-electron chi connectivity index (χ2n) is 18.6. The zero-order valence-electron chi connectivity index (χ0n) is 37.2. The van der Waals surface area contributed by atoms with Gasteiger partial charge in [0.2, 0.25) is 5.71 Å². The van der Waals surface area contributed by atoms with Crippen molar-refractivity contribution in [1.82, 2.24) is 9.55 Å². The van der Waals surface area contributed by atoms with Crippen molar-refractivity contribution >= 4 is 55.7 Å². The predicted molar refractivity (Wildman–Crippen MR) is 262 cm³/mol. The topological polar surface area (TPSA) is 46.7 Å². The van der Waals surface area contributed by atoms with Crippen molar-refractivity contribution < 1.29 is 30.2 Å². The van der Waals surface area contributed by atoms with E-state index < -0.39 is 0 Å². The number of rotatable bonds is 7. The van der Waals surface area contributed by atoms with Crippen molar-refractivity contribution in [2.75, 3.05) is 9.80 Å². The van der Waals surface area contributed by atoms with Crippen LogP contribution >= 0.6 is 0 Å². The molecule has 0 unspecified atom stereocenters. The minimum absolute atomic E-state index is 0. The van der Waals surface area contributed by atoms with E-state index in [4.69, 9.17) is 14.1 Å². The summed E-state index contributed by atoms with van der Waals surface area (Å²) >= 11 is 0.